The van der Waals surface area contributed by atoms with Gasteiger partial charge in [0, 0.05) is 61.8 Å². The van der Waals surface area contributed by atoms with Gasteiger partial charge in [0.15, 0.2) is 11.1 Å². The highest BCUT2D eigenvalue weighted by Crippen LogP contribution is 2.31. The minimum Gasteiger partial charge on any atom is -0.480 e. The standard InChI is InChI=1S/C20H19ClN4O3S/c21-14-1-2-16-13(9-14)10-17(28-16)19(27)24-5-3-23(4-6-24)12-15-11-18(26)25-7-8-29-20(25)22-15/h1-2,7-9,11,17H,3-6,10,12H2/t17-/m0/s1. The Labute approximate surface area is 176 Å². The number of ether oxygens (including phenoxy) is 1. The van der Waals surface area contributed by atoms with Crippen molar-refractivity contribution in [3.05, 3.63) is 62.5 Å². The highest BCUT2D eigenvalue weighted by Gasteiger charge is 2.34. The molecule has 1 aromatic carbocycles. The van der Waals surface area contributed by atoms with Gasteiger partial charge in [-0.05, 0) is 23.8 Å². The number of carbonyl (C=O) groups is 1. The summed E-state index contributed by atoms with van der Waals surface area (Å²) in [4.78, 5) is 34.4. The molecule has 1 saturated heterocycles. The third kappa shape index (κ3) is 3.63. The molecule has 2 aliphatic rings. The van der Waals surface area contributed by atoms with Crippen LogP contribution in [0, 0.1) is 0 Å². The quantitative estimate of drug-likeness (QED) is 0.636. The lowest BCUT2D eigenvalue weighted by Crippen LogP contribution is -2.52. The number of amides is 1. The molecule has 9 heteroatoms. The SMILES string of the molecule is O=C([C@@H]1Cc2cc(Cl)ccc2O1)N1CCN(Cc2cc(=O)n3ccsc3n2)CC1. The van der Waals surface area contributed by atoms with Gasteiger partial charge in [-0.2, -0.15) is 0 Å². The zero-order chi connectivity index (χ0) is 20.0. The molecule has 3 aromatic rings. The third-order valence-corrected chi connectivity index (χ3v) is 6.39. The van der Waals surface area contributed by atoms with Crippen LogP contribution in [-0.4, -0.2) is 57.4 Å². The number of hydrogen-bond acceptors (Lipinski definition) is 6. The first kappa shape index (κ1) is 18.6. The topological polar surface area (TPSA) is 67.2 Å². The number of aromatic nitrogens is 2. The Balaban J connectivity index is 1.19. The van der Waals surface area contributed by atoms with E-state index >= 15 is 0 Å². The van der Waals surface area contributed by atoms with Gasteiger partial charge in [-0.15, -0.1) is 11.3 Å². The number of benzene rings is 1. The zero-order valence-electron chi connectivity index (χ0n) is 15.6. The van der Waals surface area contributed by atoms with Crippen LogP contribution in [0.3, 0.4) is 0 Å². The Morgan fingerprint density at radius 3 is 2.90 bits per heavy atom. The summed E-state index contributed by atoms with van der Waals surface area (Å²) >= 11 is 7.49. The van der Waals surface area contributed by atoms with E-state index in [-0.39, 0.29) is 11.5 Å². The number of hydrogen-bond donors (Lipinski definition) is 0. The van der Waals surface area contributed by atoms with E-state index in [0.29, 0.717) is 36.0 Å². The predicted octanol–water partition coefficient (Wildman–Crippen LogP) is 2.06. The molecule has 0 N–H and O–H groups in total. The largest absolute Gasteiger partial charge is 0.480 e. The average molecular weight is 431 g/mol. The summed E-state index contributed by atoms with van der Waals surface area (Å²) in [7, 11) is 0. The van der Waals surface area contributed by atoms with Gasteiger partial charge < -0.3 is 9.64 Å². The smallest absolute Gasteiger partial charge is 0.264 e. The first-order valence-corrected chi connectivity index (χ1v) is 10.7. The molecular formula is C20H19ClN4O3S. The van der Waals surface area contributed by atoms with E-state index in [1.807, 2.05) is 22.4 Å². The summed E-state index contributed by atoms with van der Waals surface area (Å²) in [6.45, 7) is 3.35. The van der Waals surface area contributed by atoms with Crippen LogP contribution >= 0.6 is 22.9 Å². The summed E-state index contributed by atoms with van der Waals surface area (Å²) in [6.07, 6.45) is 1.82. The number of carbonyl (C=O) groups excluding carboxylic acids is 1. The maximum absolute atomic E-state index is 12.9. The van der Waals surface area contributed by atoms with E-state index < -0.39 is 6.10 Å². The number of nitrogens with zero attached hydrogens (tertiary/aromatic N) is 4. The molecule has 1 amide bonds. The van der Waals surface area contributed by atoms with Crippen LogP contribution in [0.5, 0.6) is 5.75 Å². The highest BCUT2D eigenvalue weighted by molar-refractivity contribution is 7.15. The molecule has 0 spiro atoms. The first-order valence-electron chi connectivity index (χ1n) is 9.49. The van der Waals surface area contributed by atoms with Gasteiger partial charge >= 0.3 is 0 Å². The molecule has 5 rings (SSSR count). The van der Waals surface area contributed by atoms with Crippen molar-refractivity contribution in [2.45, 2.75) is 19.1 Å². The monoisotopic (exact) mass is 430 g/mol. The number of piperazine rings is 1. The van der Waals surface area contributed by atoms with Crippen molar-refractivity contribution in [1.82, 2.24) is 19.2 Å². The number of fused-ring (bicyclic) bond motifs is 2. The van der Waals surface area contributed by atoms with E-state index in [0.717, 1.165) is 30.1 Å². The number of halogens is 1. The fourth-order valence-electron chi connectivity index (χ4n) is 3.88. The van der Waals surface area contributed by atoms with Gasteiger partial charge in [0.25, 0.3) is 11.5 Å². The van der Waals surface area contributed by atoms with E-state index in [9.17, 15) is 9.59 Å². The Hall–Kier alpha value is -2.42. The molecule has 7 nitrogen and oxygen atoms in total. The second-order valence-electron chi connectivity index (χ2n) is 7.31. The summed E-state index contributed by atoms with van der Waals surface area (Å²) in [6, 6.07) is 7.05. The molecular weight excluding hydrogens is 412 g/mol. The van der Waals surface area contributed by atoms with Crippen LogP contribution in [0.4, 0.5) is 0 Å². The molecule has 29 heavy (non-hydrogen) atoms. The molecule has 0 radical (unpaired) electrons. The van der Waals surface area contributed by atoms with E-state index in [4.69, 9.17) is 16.3 Å². The van der Waals surface area contributed by atoms with Crippen LogP contribution in [0.1, 0.15) is 11.3 Å². The summed E-state index contributed by atoms with van der Waals surface area (Å²) in [5, 5.41) is 2.51. The van der Waals surface area contributed by atoms with Crippen LogP contribution in [0.15, 0.2) is 40.6 Å². The Bertz CT molecular complexity index is 1140. The summed E-state index contributed by atoms with van der Waals surface area (Å²) in [5.41, 5.74) is 1.69. The Morgan fingerprint density at radius 2 is 2.07 bits per heavy atom. The molecule has 2 aromatic heterocycles. The van der Waals surface area contributed by atoms with Crippen LogP contribution < -0.4 is 10.3 Å². The van der Waals surface area contributed by atoms with Crippen LogP contribution in [0.2, 0.25) is 5.02 Å². The van der Waals surface area contributed by atoms with E-state index in [1.165, 1.54) is 11.3 Å². The van der Waals surface area contributed by atoms with Crippen molar-refractivity contribution >= 4 is 33.8 Å². The third-order valence-electron chi connectivity index (χ3n) is 5.40. The van der Waals surface area contributed by atoms with Crippen LogP contribution in [-0.2, 0) is 17.8 Å². The van der Waals surface area contributed by atoms with Crippen molar-refractivity contribution in [2.24, 2.45) is 0 Å². The summed E-state index contributed by atoms with van der Waals surface area (Å²) in [5.74, 6) is 0.765. The predicted molar refractivity (Wildman–Crippen MR) is 111 cm³/mol. The van der Waals surface area contributed by atoms with Gasteiger partial charge in [0.05, 0.1) is 5.69 Å². The molecule has 1 fully saturated rings. The molecule has 0 bridgehead atoms. The second-order valence-corrected chi connectivity index (χ2v) is 8.61. The fraction of sp³-hybridized carbons (Fsp3) is 0.350. The first-order chi connectivity index (χ1) is 14.1. The minimum atomic E-state index is -0.474. The molecule has 150 valence electrons. The lowest BCUT2D eigenvalue weighted by atomic mass is 10.1. The van der Waals surface area contributed by atoms with E-state index in [1.54, 1.807) is 22.7 Å². The molecule has 1 atom stereocenters. The van der Waals surface area contributed by atoms with Gasteiger partial charge in [-0.25, -0.2) is 4.98 Å². The lowest BCUT2D eigenvalue weighted by Gasteiger charge is -2.35. The molecule has 0 saturated carbocycles. The van der Waals surface area contributed by atoms with Gasteiger partial charge in [-0.1, -0.05) is 11.6 Å². The fourth-order valence-corrected chi connectivity index (χ4v) is 4.82. The summed E-state index contributed by atoms with van der Waals surface area (Å²) < 4.78 is 7.39. The van der Waals surface area contributed by atoms with Crippen molar-refractivity contribution in [3.63, 3.8) is 0 Å². The lowest BCUT2D eigenvalue weighted by molar-refractivity contribution is -0.139. The molecule has 0 unspecified atom stereocenters. The van der Waals surface area contributed by atoms with Crippen molar-refractivity contribution < 1.29 is 9.53 Å². The molecule has 2 aliphatic heterocycles. The molecule has 4 heterocycles. The number of rotatable bonds is 3. The average Bonchev–Trinajstić information content (AvgIpc) is 3.34. The highest BCUT2D eigenvalue weighted by atomic mass is 35.5. The van der Waals surface area contributed by atoms with Gasteiger partial charge in [-0.3, -0.25) is 18.9 Å². The minimum absolute atomic E-state index is 0.0216. The maximum atomic E-state index is 12.9. The maximum Gasteiger partial charge on any atom is 0.264 e. The van der Waals surface area contributed by atoms with Crippen molar-refractivity contribution in [1.29, 1.82) is 0 Å². The zero-order valence-corrected chi connectivity index (χ0v) is 17.2. The Kier molecular flexibility index (Phi) is 4.77. The molecule has 0 aliphatic carbocycles. The van der Waals surface area contributed by atoms with Crippen LogP contribution in [0.25, 0.3) is 4.96 Å². The van der Waals surface area contributed by atoms with Gasteiger partial charge in [0.1, 0.15) is 5.75 Å². The van der Waals surface area contributed by atoms with Gasteiger partial charge in [0.2, 0.25) is 0 Å². The number of thiazole rings is 1. The Morgan fingerprint density at radius 1 is 1.24 bits per heavy atom. The second kappa shape index (κ2) is 7.44. The van der Waals surface area contributed by atoms with E-state index in [2.05, 4.69) is 9.88 Å². The normalized spacial score (nSPS) is 19.3. The van der Waals surface area contributed by atoms with Crippen molar-refractivity contribution in [3.8, 4) is 5.75 Å². The van der Waals surface area contributed by atoms with Crippen molar-refractivity contribution in [2.75, 3.05) is 26.2 Å².